The molecule has 104 valence electrons. The average molecular weight is 261 g/mol. The lowest BCUT2D eigenvalue weighted by molar-refractivity contribution is -0.150. The van der Waals surface area contributed by atoms with E-state index in [4.69, 9.17) is 0 Å². The van der Waals surface area contributed by atoms with Gasteiger partial charge in [-0.2, -0.15) is 0 Å². The van der Waals surface area contributed by atoms with Gasteiger partial charge in [-0.1, -0.05) is 23.8 Å². The van der Waals surface area contributed by atoms with Gasteiger partial charge in [-0.25, -0.2) is 0 Å². The van der Waals surface area contributed by atoms with E-state index in [1.807, 2.05) is 6.92 Å². The van der Waals surface area contributed by atoms with E-state index in [2.05, 4.69) is 36.9 Å². The largest absolute Gasteiger partial charge is 0.481 e. The van der Waals surface area contributed by atoms with Crippen LogP contribution in [0.2, 0.25) is 0 Å². The molecule has 0 unspecified atom stereocenters. The minimum absolute atomic E-state index is 0.529. The van der Waals surface area contributed by atoms with Gasteiger partial charge in [0.05, 0.1) is 5.41 Å². The Labute approximate surface area is 115 Å². The van der Waals surface area contributed by atoms with Crippen molar-refractivity contribution in [2.45, 2.75) is 40.2 Å². The highest BCUT2D eigenvalue weighted by Crippen LogP contribution is 2.31. The molecule has 0 radical (unpaired) electrons. The Bertz CT molecular complexity index is 474. The van der Waals surface area contributed by atoms with Crippen LogP contribution in [0.4, 0.5) is 0 Å². The van der Waals surface area contributed by atoms with Crippen LogP contribution >= 0.6 is 0 Å². The maximum absolute atomic E-state index is 11.2. The van der Waals surface area contributed by atoms with Gasteiger partial charge in [0.25, 0.3) is 0 Å². The molecule has 0 amide bonds. The Morgan fingerprint density at radius 1 is 1.32 bits per heavy atom. The Morgan fingerprint density at radius 3 is 2.47 bits per heavy atom. The van der Waals surface area contributed by atoms with Crippen LogP contribution in [0.3, 0.4) is 0 Å². The summed E-state index contributed by atoms with van der Waals surface area (Å²) in [4.78, 5) is 13.6. The van der Waals surface area contributed by atoms with E-state index in [9.17, 15) is 9.90 Å². The molecule has 0 spiro atoms. The molecule has 1 N–H and O–H groups in total. The zero-order chi connectivity index (χ0) is 14.0. The van der Waals surface area contributed by atoms with E-state index in [-0.39, 0.29) is 0 Å². The zero-order valence-electron chi connectivity index (χ0n) is 12.1. The number of hydrogen-bond acceptors (Lipinski definition) is 2. The fourth-order valence-electron chi connectivity index (χ4n) is 2.68. The predicted molar refractivity (Wildman–Crippen MR) is 76.2 cm³/mol. The first-order valence-electron chi connectivity index (χ1n) is 6.93. The number of hydrogen-bond donors (Lipinski definition) is 1. The van der Waals surface area contributed by atoms with E-state index >= 15 is 0 Å². The number of benzene rings is 1. The smallest absolute Gasteiger partial charge is 0.309 e. The Hall–Kier alpha value is -1.35. The van der Waals surface area contributed by atoms with Crippen molar-refractivity contribution in [2.24, 2.45) is 5.41 Å². The van der Waals surface area contributed by atoms with E-state index in [1.54, 1.807) is 0 Å². The van der Waals surface area contributed by atoms with Crippen LogP contribution in [0, 0.1) is 19.3 Å². The first kappa shape index (κ1) is 14.1. The number of aryl methyl sites for hydroxylation is 2. The minimum Gasteiger partial charge on any atom is -0.481 e. The minimum atomic E-state index is -0.654. The van der Waals surface area contributed by atoms with Gasteiger partial charge in [0.2, 0.25) is 0 Å². The van der Waals surface area contributed by atoms with Crippen LogP contribution in [0.1, 0.15) is 36.5 Å². The van der Waals surface area contributed by atoms with Crippen molar-refractivity contribution in [3.63, 3.8) is 0 Å². The van der Waals surface area contributed by atoms with Crippen LogP contribution in [0.5, 0.6) is 0 Å². The van der Waals surface area contributed by atoms with Crippen LogP contribution in [-0.4, -0.2) is 29.1 Å². The highest BCUT2D eigenvalue weighted by molar-refractivity contribution is 5.74. The molecule has 3 heteroatoms. The highest BCUT2D eigenvalue weighted by atomic mass is 16.4. The molecule has 1 fully saturated rings. The summed E-state index contributed by atoms with van der Waals surface area (Å²) in [5.41, 5.74) is 3.44. The van der Waals surface area contributed by atoms with Crippen molar-refractivity contribution in [1.82, 2.24) is 4.90 Å². The highest BCUT2D eigenvalue weighted by Gasteiger charge is 2.36. The molecule has 19 heavy (non-hydrogen) atoms. The number of carboxylic acids is 1. The lowest BCUT2D eigenvalue weighted by Gasteiger charge is -2.36. The first-order chi connectivity index (χ1) is 8.90. The van der Waals surface area contributed by atoms with E-state index < -0.39 is 11.4 Å². The van der Waals surface area contributed by atoms with Gasteiger partial charge in [-0.15, -0.1) is 0 Å². The van der Waals surface area contributed by atoms with Crippen LogP contribution in [-0.2, 0) is 11.3 Å². The average Bonchev–Trinajstić information content (AvgIpc) is 2.35. The Kier molecular flexibility index (Phi) is 3.95. The Balaban J connectivity index is 1.98. The number of nitrogens with zero attached hydrogens (tertiary/aromatic N) is 1. The molecule has 1 aromatic rings. The molecule has 2 rings (SSSR count). The molecular formula is C16H23NO2. The van der Waals surface area contributed by atoms with E-state index in [1.165, 1.54) is 16.7 Å². The van der Waals surface area contributed by atoms with Gasteiger partial charge in [0, 0.05) is 6.54 Å². The number of likely N-dealkylation sites (tertiary alicyclic amines) is 1. The fraction of sp³-hybridized carbons (Fsp3) is 0.562. The third kappa shape index (κ3) is 3.16. The normalized spacial score (nSPS) is 19.3. The number of aliphatic carboxylic acids is 1. The summed E-state index contributed by atoms with van der Waals surface area (Å²) in [6.07, 6.45) is 1.49. The number of carbonyl (C=O) groups is 1. The standard InChI is InChI=1S/C16H23NO2/c1-12-4-5-14(13(2)10-12)11-17-8-6-16(3,7-9-17)15(18)19/h4-5,10H,6-9,11H2,1-3H3,(H,18,19). The fourth-order valence-corrected chi connectivity index (χ4v) is 2.68. The molecular weight excluding hydrogens is 238 g/mol. The third-order valence-corrected chi connectivity index (χ3v) is 4.37. The maximum atomic E-state index is 11.2. The third-order valence-electron chi connectivity index (χ3n) is 4.37. The maximum Gasteiger partial charge on any atom is 0.309 e. The summed E-state index contributed by atoms with van der Waals surface area (Å²) >= 11 is 0. The van der Waals surface area contributed by atoms with Gasteiger partial charge < -0.3 is 5.11 Å². The molecule has 1 aliphatic rings. The van der Waals surface area contributed by atoms with Gasteiger partial charge in [0.15, 0.2) is 0 Å². The topological polar surface area (TPSA) is 40.5 Å². The summed E-state index contributed by atoms with van der Waals surface area (Å²) in [5, 5.41) is 9.23. The lowest BCUT2D eigenvalue weighted by Crippen LogP contribution is -2.42. The molecule has 0 aromatic heterocycles. The van der Waals surface area contributed by atoms with E-state index in [0.29, 0.717) is 0 Å². The van der Waals surface area contributed by atoms with E-state index in [0.717, 1.165) is 32.5 Å². The van der Waals surface area contributed by atoms with Gasteiger partial charge in [0.1, 0.15) is 0 Å². The second kappa shape index (κ2) is 5.33. The number of rotatable bonds is 3. The lowest BCUT2D eigenvalue weighted by atomic mass is 9.80. The van der Waals surface area contributed by atoms with Crippen molar-refractivity contribution < 1.29 is 9.90 Å². The molecule has 1 heterocycles. The second-order valence-corrected chi connectivity index (χ2v) is 6.07. The summed E-state index contributed by atoms with van der Waals surface area (Å²) in [6, 6.07) is 6.55. The molecule has 0 aliphatic carbocycles. The Morgan fingerprint density at radius 2 is 1.95 bits per heavy atom. The number of carboxylic acid groups (broad SMARTS) is 1. The van der Waals surface area contributed by atoms with Crippen LogP contribution in [0.15, 0.2) is 18.2 Å². The second-order valence-electron chi connectivity index (χ2n) is 6.07. The molecule has 1 aliphatic heterocycles. The molecule has 1 saturated heterocycles. The SMILES string of the molecule is Cc1ccc(CN2CCC(C)(C(=O)O)CC2)c(C)c1. The van der Waals surface area contributed by atoms with Crippen molar-refractivity contribution in [3.05, 3.63) is 34.9 Å². The summed E-state index contributed by atoms with van der Waals surface area (Å²) in [7, 11) is 0. The molecule has 0 bridgehead atoms. The zero-order valence-corrected chi connectivity index (χ0v) is 12.1. The molecule has 3 nitrogen and oxygen atoms in total. The summed E-state index contributed by atoms with van der Waals surface area (Å²) in [6.45, 7) is 8.79. The predicted octanol–water partition coefficient (Wildman–Crippen LogP) is 2.99. The quantitative estimate of drug-likeness (QED) is 0.909. The van der Waals surface area contributed by atoms with Crippen molar-refractivity contribution in [1.29, 1.82) is 0 Å². The van der Waals surface area contributed by atoms with Crippen molar-refractivity contribution in [2.75, 3.05) is 13.1 Å². The van der Waals surface area contributed by atoms with Crippen molar-refractivity contribution >= 4 is 5.97 Å². The van der Waals surface area contributed by atoms with Crippen LogP contribution in [0.25, 0.3) is 0 Å². The van der Waals surface area contributed by atoms with Crippen LogP contribution < -0.4 is 0 Å². The first-order valence-corrected chi connectivity index (χ1v) is 6.93. The number of piperidine rings is 1. The van der Waals surface area contributed by atoms with Gasteiger partial charge >= 0.3 is 5.97 Å². The molecule has 1 aromatic carbocycles. The summed E-state index contributed by atoms with van der Waals surface area (Å²) in [5.74, 6) is -0.654. The van der Waals surface area contributed by atoms with Gasteiger partial charge in [-0.05, 0) is 57.8 Å². The summed E-state index contributed by atoms with van der Waals surface area (Å²) < 4.78 is 0. The molecule has 0 saturated carbocycles. The molecule has 0 atom stereocenters. The monoisotopic (exact) mass is 261 g/mol. The van der Waals surface area contributed by atoms with Crippen molar-refractivity contribution in [3.8, 4) is 0 Å². The van der Waals surface area contributed by atoms with Gasteiger partial charge in [-0.3, -0.25) is 9.69 Å².